The first-order valence-corrected chi connectivity index (χ1v) is 9.08. The molecule has 5 nitrogen and oxygen atoms in total. The molecule has 2 unspecified atom stereocenters. The van der Waals surface area contributed by atoms with Crippen LogP contribution in [0.1, 0.15) is 43.7 Å². The van der Waals surface area contributed by atoms with Gasteiger partial charge in [-0.2, -0.15) is 5.26 Å². The molecule has 0 aromatic heterocycles. The van der Waals surface area contributed by atoms with Gasteiger partial charge in [-0.3, -0.25) is 0 Å². The molecule has 1 aliphatic carbocycles. The van der Waals surface area contributed by atoms with Gasteiger partial charge in [-0.1, -0.05) is 25.8 Å². The maximum atomic E-state index is 12.8. The average molecular weight is 358 g/mol. The molecule has 0 amide bonds. The highest BCUT2D eigenvalue weighted by molar-refractivity contribution is 7.89. The highest BCUT2D eigenvalue weighted by Gasteiger charge is 2.40. The van der Waals surface area contributed by atoms with Crippen molar-refractivity contribution in [2.45, 2.75) is 50.0 Å². The lowest BCUT2D eigenvalue weighted by molar-refractivity contribution is 0.191. The zero-order valence-electron chi connectivity index (χ0n) is 13.5. The van der Waals surface area contributed by atoms with Crippen LogP contribution < -0.4 is 10.5 Å². The summed E-state index contributed by atoms with van der Waals surface area (Å²) in [5.41, 5.74) is 6.30. The number of nitriles is 1. The van der Waals surface area contributed by atoms with Crippen LogP contribution in [0.4, 0.5) is 0 Å². The molecule has 0 heterocycles. The van der Waals surface area contributed by atoms with E-state index in [1.807, 2.05) is 13.0 Å². The lowest BCUT2D eigenvalue weighted by atomic mass is 9.74. The van der Waals surface area contributed by atoms with Crippen molar-refractivity contribution < 1.29 is 8.42 Å². The van der Waals surface area contributed by atoms with Gasteiger partial charge in [0.1, 0.15) is 0 Å². The van der Waals surface area contributed by atoms with Crippen molar-refractivity contribution >= 4 is 22.4 Å². The van der Waals surface area contributed by atoms with Crippen LogP contribution >= 0.6 is 12.4 Å². The molecule has 3 N–H and O–H groups in total. The second-order valence-corrected chi connectivity index (χ2v) is 7.86. The Bertz CT molecular complexity index is 700. The van der Waals surface area contributed by atoms with E-state index < -0.39 is 15.6 Å². The van der Waals surface area contributed by atoms with E-state index in [4.69, 9.17) is 11.0 Å². The molecular formula is C16H24ClN3O2S. The topological polar surface area (TPSA) is 96.0 Å². The number of nitrogens with zero attached hydrogens (tertiary/aromatic N) is 1. The highest BCUT2D eigenvalue weighted by atomic mass is 35.5. The second kappa shape index (κ2) is 7.63. The fourth-order valence-corrected chi connectivity index (χ4v) is 5.00. The summed E-state index contributed by atoms with van der Waals surface area (Å²) in [5.74, 6) is 0.195. The standard InChI is InChI=1S/C16H23N3O2S.ClH/c1-12-6-7-14(10-17)9-15(12)22(20,21)19-16(11-18)8-4-3-5-13(16)2;/h6-7,9,13,19H,3-5,8,11,18H2,1-2H3;1H. The van der Waals surface area contributed by atoms with Gasteiger partial charge >= 0.3 is 0 Å². The maximum Gasteiger partial charge on any atom is 0.241 e. The molecule has 0 spiro atoms. The Hall–Kier alpha value is -1.13. The molecule has 2 atom stereocenters. The Labute approximate surface area is 144 Å². The van der Waals surface area contributed by atoms with E-state index in [0.29, 0.717) is 11.1 Å². The number of rotatable bonds is 4. The fourth-order valence-electron chi connectivity index (χ4n) is 3.19. The Balaban J connectivity index is 0.00000264. The van der Waals surface area contributed by atoms with Gasteiger partial charge in [-0.25, -0.2) is 13.1 Å². The molecule has 0 aliphatic heterocycles. The van der Waals surface area contributed by atoms with Crippen molar-refractivity contribution in [3.05, 3.63) is 29.3 Å². The van der Waals surface area contributed by atoms with E-state index in [2.05, 4.69) is 4.72 Å². The van der Waals surface area contributed by atoms with Crippen LogP contribution in [0.5, 0.6) is 0 Å². The van der Waals surface area contributed by atoms with Gasteiger partial charge in [0, 0.05) is 12.1 Å². The lowest BCUT2D eigenvalue weighted by Crippen LogP contribution is -2.59. The van der Waals surface area contributed by atoms with Crippen molar-refractivity contribution in [2.75, 3.05) is 6.54 Å². The van der Waals surface area contributed by atoms with Gasteiger partial charge in [0.25, 0.3) is 0 Å². The molecule has 128 valence electrons. The largest absolute Gasteiger partial charge is 0.329 e. The minimum absolute atomic E-state index is 0. The molecule has 0 bridgehead atoms. The number of halogens is 1. The highest BCUT2D eigenvalue weighted by Crippen LogP contribution is 2.34. The predicted molar refractivity (Wildman–Crippen MR) is 92.9 cm³/mol. The van der Waals surface area contributed by atoms with Gasteiger partial charge in [-0.15, -0.1) is 12.4 Å². The summed E-state index contributed by atoms with van der Waals surface area (Å²) in [5, 5.41) is 8.99. The van der Waals surface area contributed by atoms with E-state index >= 15 is 0 Å². The summed E-state index contributed by atoms with van der Waals surface area (Å²) >= 11 is 0. The first kappa shape index (κ1) is 19.9. The number of aryl methyl sites for hydroxylation is 1. The van der Waals surface area contributed by atoms with Gasteiger partial charge in [0.15, 0.2) is 0 Å². The first-order valence-electron chi connectivity index (χ1n) is 7.59. The molecule has 7 heteroatoms. The van der Waals surface area contributed by atoms with E-state index in [9.17, 15) is 8.42 Å². The number of hydrogen-bond acceptors (Lipinski definition) is 4. The Morgan fingerprint density at radius 2 is 2.13 bits per heavy atom. The quantitative estimate of drug-likeness (QED) is 0.865. The second-order valence-electron chi connectivity index (χ2n) is 6.20. The summed E-state index contributed by atoms with van der Waals surface area (Å²) in [6, 6.07) is 6.69. The third kappa shape index (κ3) is 4.04. The van der Waals surface area contributed by atoms with E-state index in [0.717, 1.165) is 25.7 Å². The van der Waals surface area contributed by atoms with Crippen LogP contribution in [0.25, 0.3) is 0 Å². The molecule has 1 saturated carbocycles. The van der Waals surface area contributed by atoms with Gasteiger partial charge in [0.05, 0.1) is 16.5 Å². The molecule has 0 radical (unpaired) electrons. The monoisotopic (exact) mass is 357 g/mol. The molecule has 23 heavy (non-hydrogen) atoms. The minimum atomic E-state index is -3.71. The van der Waals surface area contributed by atoms with Crippen molar-refractivity contribution in [2.24, 2.45) is 11.7 Å². The maximum absolute atomic E-state index is 12.8. The summed E-state index contributed by atoms with van der Waals surface area (Å²) < 4.78 is 28.5. The number of sulfonamides is 1. The molecule has 1 aromatic rings. The average Bonchev–Trinajstić information content (AvgIpc) is 2.50. The first-order chi connectivity index (χ1) is 10.3. The summed E-state index contributed by atoms with van der Waals surface area (Å²) in [6.45, 7) is 4.06. The summed E-state index contributed by atoms with van der Waals surface area (Å²) in [6.07, 6.45) is 3.80. The van der Waals surface area contributed by atoms with Gasteiger partial charge < -0.3 is 5.73 Å². The van der Waals surface area contributed by atoms with Crippen LogP contribution in [0.15, 0.2) is 23.1 Å². The van der Waals surface area contributed by atoms with Crippen molar-refractivity contribution in [1.82, 2.24) is 4.72 Å². The van der Waals surface area contributed by atoms with Crippen molar-refractivity contribution in [3.8, 4) is 6.07 Å². The Morgan fingerprint density at radius 3 is 2.70 bits per heavy atom. The zero-order chi connectivity index (χ0) is 16.4. The third-order valence-electron chi connectivity index (χ3n) is 4.76. The number of benzene rings is 1. The van der Waals surface area contributed by atoms with E-state index in [-0.39, 0.29) is 29.8 Å². The van der Waals surface area contributed by atoms with E-state index in [1.54, 1.807) is 19.1 Å². The molecule has 1 aromatic carbocycles. The summed E-state index contributed by atoms with van der Waals surface area (Å²) in [7, 11) is -3.71. The Morgan fingerprint density at radius 1 is 1.43 bits per heavy atom. The van der Waals surface area contributed by atoms with E-state index in [1.165, 1.54) is 6.07 Å². The zero-order valence-corrected chi connectivity index (χ0v) is 15.1. The molecule has 2 rings (SSSR count). The molecule has 1 fully saturated rings. The van der Waals surface area contributed by atoms with Crippen molar-refractivity contribution in [1.29, 1.82) is 5.26 Å². The third-order valence-corrected chi connectivity index (χ3v) is 6.46. The number of nitrogens with one attached hydrogen (secondary N) is 1. The Kier molecular flexibility index (Phi) is 6.60. The molecular weight excluding hydrogens is 334 g/mol. The lowest BCUT2D eigenvalue weighted by Gasteiger charge is -2.42. The number of nitrogens with two attached hydrogens (primary N) is 1. The van der Waals surface area contributed by atoms with Gasteiger partial charge in [0.2, 0.25) is 10.0 Å². The van der Waals surface area contributed by atoms with Crippen LogP contribution in [0.2, 0.25) is 0 Å². The molecule has 0 saturated heterocycles. The minimum Gasteiger partial charge on any atom is -0.329 e. The van der Waals surface area contributed by atoms with Crippen LogP contribution in [-0.4, -0.2) is 20.5 Å². The predicted octanol–water partition coefficient (Wildman–Crippen LogP) is 2.47. The molecule has 1 aliphatic rings. The number of hydrogen-bond donors (Lipinski definition) is 2. The SMILES string of the molecule is Cc1ccc(C#N)cc1S(=O)(=O)NC1(CN)CCCCC1C.Cl. The van der Waals surface area contributed by atoms with Crippen molar-refractivity contribution in [3.63, 3.8) is 0 Å². The fraction of sp³-hybridized carbons (Fsp3) is 0.562. The smallest absolute Gasteiger partial charge is 0.241 e. The van der Waals surface area contributed by atoms with Gasteiger partial charge in [-0.05, 0) is 43.4 Å². The van der Waals surface area contributed by atoms with Crippen LogP contribution in [0, 0.1) is 24.2 Å². The summed E-state index contributed by atoms with van der Waals surface area (Å²) in [4.78, 5) is 0.164. The van der Waals surface area contributed by atoms with Crippen LogP contribution in [0.3, 0.4) is 0 Å². The normalized spacial score (nSPS) is 24.5. The van der Waals surface area contributed by atoms with Crippen LogP contribution in [-0.2, 0) is 10.0 Å².